The van der Waals surface area contributed by atoms with Gasteiger partial charge in [-0.1, -0.05) is 18.2 Å². The first kappa shape index (κ1) is 17.4. The maximum absolute atomic E-state index is 11.9. The van der Waals surface area contributed by atoms with E-state index < -0.39 is 24.1 Å². The molecule has 0 unspecified atom stereocenters. The van der Waals surface area contributed by atoms with Crippen molar-refractivity contribution < 1.29 is 29.4 Å². The second-order valence-electron chi connectivity index (χ2n) is 4.49. The van der Waals surface area contributed by atoms with Gasteiger partial charge in [-0.25, -0.2) is 14.4 Å². The standard InChI is InChI=1S/C14H18N2O6/c15-9-5-4-8-11(12(17)18)16(14(20)21)22-13(19)10-6-2-1-3-7-10/h1-3,6-7,11H,4-5,8-9,15H2,(H,17,18)(H,20,21)/t11-/m0/s1. The zero-order valence-corrected chi connectivity index (χ0v) is 11.8. The van der Waals surface area contributed by atoms with Crippen LogP contribution >= 0.6 is 0 Å². The monoisotopic (exact) mass is 310 g/mol. The maximum atomic E-state index is 11.9. The van der Waals surface area contributed by atoms with Crippen molar-refractivity contribution in [3.63, 3.8) is 0 Å². The Morgan fingerprint density at radius 2 is 1.77 bits per heavy atom. The van der Waals surface area contributed by atoms with Crippen LogP contribution in [-0.2, 0) is 9.63 Å². The summed E-state index contributed by atoms with van der Waals surface area (Å²) in [5.41, 5.74) is 5.45. The molecule has 0 aromatic heterocycles. The molecule has 0 heterocycles. The summed E-state index contributed by atoms with van der Waals surface area (Å²) in [5, 5.41) is 18.4. The van der Waals surface area contributed by atoms with Gasteiger partial charge in [0.05, 0.1) is 5.56 Å². The predicted molar refractivity (Wildman–Crippen MR) is 76.1 cm³/mol. The van der Waals surface area contributed by atoms with Crippen molar-refractivity contribution >= 4 is 18.0 Å². The van der Waals surface area contributed by atoms with Crippen LogP contribution in [0.1, 0.15) is 29.6 Å². The molecule has 22 heavy (non-hydrogen) atoms. The Kier molecular flexibility index (Phi) is 6.84. The molecule has 0 aliphatic heterocycles. The molecule has 0 bridgehead atoms. The van der Waals surface area contributed by atoms with E-state index in [0.717, 1.165) is 0 Å². The number of benzene rings is 1. The van der Waals surface area contributed by atoms with Gasteiger partial charge in [0.1, 0.15) is 0 Å². The fourth-order valence-electron chi connectivity index (χ4n) is 1.78. The fourth-order valence-corrected chi connectivity index (χ4v) is 1.78. The molecule has 0 aliphatic rings. The molecule has 1 amide bonds. The average Bonchev–Trinajstić information content (AvgIpc) is 2.50. The Balaban J connectivity index is 2.83. The lowest BCUT2D eigenvalue weighted by atomic mass is 10.1. The van der Waals surface area contributed by atoms with Gasteiger partial charge in [-0.05, 0) is 37.9 Å². The highest BCUT2D eigenvalue weighted by Gasteiger charge is 2.33. The zero-order chi connectivity index (χ0) is 16.5. The van der Waals surface area contributed by atoms with Crippen molar-refractivity contribution in [3.05, 3.63) is 35.9 Å². The Bertz CT molecular complexity index is 519. The maximum Gasteiger partial charge on any atom is 0.441 e. The third-order valence-corrected chi connectivity index (χ3v) is 2.88. The lowest BCUT2D eigenvalue weighted by molar-refractivity contribution is -0.162. The van der Waals surface area contributed by atoms with Gasteiger partial charge in [0.15, 0.2) is 6.04 Å². The lowest BCUT2D eigenvalue weighted by Gasteiger charge is -2.24. The topological polar surface area (TPSA) is 130 Å². The Morgan fingerprint density at radius 1 is 1.14 bits per heavy atom. The Labute approximate surface area is 127 Å². The summed E-state index contributed by atoms with van der Waals surface area (Å²) in [6.45, 7) is 0.364. The van der Waals surface area contributed by atoms with Crippen LogP contribution in [0.3, 0.4) is 0 Å². The van der Waals surface area contributed by atoms with E-state index in [4.69, 9.17) is 20.8 Å². The largest absolute Gasteiger partial charge is 0.480 e. The molecular formula is C14H18N2O6. The van der Waals surface area contributed by atoms with E-state index >= 15 is 0 Å². The van der Waals surface area contributed by atoms with Crippen LogP contribution in [0.15, 0.2) is 30.3 Å². The number of hydrogen-bond donors (Lipinski definition) is 3. The first-order chi connectivity index (χ1) is 10.5. The molecule has 0 spiro atoms. The SMILES string of the molecule is NCCCC[C@@H](C(=O)O)N(OC(=O)c1ccccc1)C(=O)O. The molecule has 1 rings (SSSR count). The Morgan fingerprint density at radius 3 is 2.27 bits per heavy atom. The number of unbranched alkanes of at least 4 members (excludes halogenated alkanes) is 1. The van der Waals surface area contributed by atoms with Crippen LogP contribution in [0.5, 0.6) is 0 Å². The molecule has 0 aliphatic carbocycles. The van der Waals surface area contributed by atoms with Gasteiger partial charge in [0.25, 0.3) is 0 Å². The second-order valence-corrected chi connectivity index (χ2v) is 4.49. The molecule has 0 saturated carbocycles. The first-order valence-electron chi connectivity index (χ1n) is 6.69. The van der Waals surface area contributed by atoms with Crippen LogP contribution in [0.4, 0.5) is 4.79 Å². The minimum Gasteiger partial charge on any atom is -0.480 e. The van der Waals surface area contributed by atoms with E-state index in [9.17, 15) is 14.4 Å². The third-order valence-electron chi connectivity index (χ3n) is 2.88. The van der Waals surface area contributed by atoms with Gasteiger partial charge in [0.2, 0.25) is 0 Å². The molecule has 8 heteroatoms. The summed E-state index contributed by atoms with van der Waals surface area (Å²) < 4.78 is 0. The second kappa shape index (κ2) is 8.63. The van der Waals surface area contributed by atoms with Crippen LogP contribution in [-0.4, -0.2) is 45.9 Å². The van der Waals surface area contributed by atoms with E-state index in [-0.39, 0.29) is 17.0 Å². The quantitative estimate of drug-likeness (QED) is 0.511. The van der Waals surface area contributed by atoms with Gasteiger partial charge in [-0.2, -0.15) is 0 Å². The van der Waals surface area contributed by atoms with Crippen molar-refractivity contribution in [1.82, 2.24) is 5.06 Å². The van der Waals surface area contributed by atoms with Crippen molar-refractivity contribution in [2.24, 2.45) is 5.73 Å². The number of nitrogens with zero attached hydrogens (tertiary/aromatic N) is 1. The number of nitrogens with two attached hydrogens (primary N) is 1. The minimum absolute atomic E-state index is 0.000896. The number of carboxylic acid groups (broad SMARTS) is 2. The molecular weight excluding hydrogens is 292 g/mol. The molecule has 1 aromatic carbocycles. The molecule has 1 atom stereocenters. The number of hydroxylamine groups is 2. The molecule has 1 aromatic rings. The van der Waals surface area contributed by atoms with Gasteiger partial charge >= 0.3 is 18.0 Å². The molecule has 8 nitrogen and oxygen atoms in total. The molecule has 0 radical (unpaired) electrons. The van der Waals surface area contributed by atoms with Crippen molar-refractivity contribution in [2.75, 3.05) is 6.54 Å². The van der Waals surface area contributed by atoms with E-state index in [2.05, 4.69) is 0 Å². The molecule has 0 fully saturated rings. The first-order valence-corrected chi connectivity index (χ1v) is 6.69. The smallest absolute Gasteiger partial charge is 0.441 e. The van der Waals surface area contributed by atoms with E-state index in [1.807, 2.05) is 0 Å². The number of carbonyl (C=O) groups is 3. The van der Waals surface area contributed by atoms with Crippen LogP contribution in [0.2, 0.25) is 0 Å². The summed E-state index contributed by atoms with van der Waals surface area (Å²) in [6, 6.07) is 6.24. The van der Waals surface area contributed by atoms with E-state index in [1.54, 1.807) is 18.2 Å². The third kappa shape index (κ3) is 5.06. The van der Waals surface area contributed by atoms with Crippen LogP contribution < -0.4 is 5.73 Å². The number of carbonyl (C=O) groups excluding carboxylic acids is 1. The van der Waals surface area contributed by atoms with Crippen LogP contribution in [0, 0.1) is 0 Å². The van der Waals surface area contributed by atoms with Crippen molar-refractivity contribution in [1.29, 1.82) is 0 Å². The number of hydrogen-bond acceptors (Lipinski definition) is 5. The van der Waals surface area contributed by atoms with Crippen LogP contribution in [0.25, 0.3) is 0 Å². The minimum atomic E-state index is -1.65. The molecule has 120 valence electrons. The van der Waals surface area contributed by atoms with E-state index in [1.165, 1.54) is 12.1 Å². The number of rotatable bonds is 7. The summed E-state index contributed by atoms with van der Waals surface area (Å²) in [5.74, 6) is -2.33. The highest BCUT2D eigenvalue weighted by Crippen LogP contribution is 2.13. The van der Waals surface area contributed by atoms with Gasteiger partial charge in [-0.15, -0.1) is 5.06 Å². The molecule has 0 saturated heterocycles. The van der Waals surface area contributed by atoms with Gasteiger partial charge in [0, 0.05) is 0 Å². The normalized spacial score (nSPS) is 11.5. The summed E-state index contributed by atoms with van der Waals surface area (Å²) in [4.78, 5) is 39.0. The zero-order valence-electron chi connectivity index (χ0n) is 11.8. The predicted octanol–water partition coefficient (Wildman–Crippen LogP) is 1.32. The fraction of sp³-hybridized carbons (Fsp3) is 0.357. The number of carboxylic acids is 1. The molecule has 4 N–H and O–H groups in total. The van der Waals surface area contributed by atoms with E-state index in [0.29, 0.717) is 19.4 Å². The van der Waals surface area contributed by atoms with Crippen molar-refractivity contribution in [2.45, 2.75) is 25.3 Å². The van der Waals surface area contributed by atoms with Crippen molar-refractivity contribution in [3.8, 4) is 0 Å². The Hall–Kier alpha value is -2.61. The van der Waals surface area contributed by atoms with Gasteiger partial charge in [-0.3, -0.25) is 0 Å². The lowest BCUT2D eigenvalue weighted by Crippen LogP contribution is -2.45. The average molecular weight is 310 g/mol. The summed E-state index contributed by atoms with van der Waals surface area (Å²) >= 11 is 0. The summed E-state index contributed by atoms with van der Waals surface area (Å²) in [6.07, 6.45) is -0.699. The number of aliphatic carboxylic acids is 1. The highest BCUT2D eigenvalue weighted by molar-refractivity contribution is 5.90. The van der Waals surface area contributed by atoms with Gasteiger partial charge < -0.3 is 20.8 Å². The highest BCUT2D eigenvalue weighted by atomic mass is 16.7. The summed E-state index contributed by atoms with van der Waals surface area (Å²) in [7, 11) is 0. The number of amides is 1.